The molecule has 2 aromatic carbocycles. The van der Waals surface area contributed by atoms with E-state index in [0.717, 1.165) is 47.1 Å². The van der Waals surface area contributed by atoms with Gasteiger partial charge in [-0.05, 0) is 30.5 Å². The average molecular weight is 412 g/mol. The van der Waals surface area contributed by atoms with Crippen LogP contribution in [0.5, 0.6) is 0 Å². The fourth-order valence-electron chi connectivity index (χ4n) is 3.59. The number of hydrogen-bond donors (Lipinski definition) is 2. The summed E-state index contributed by atoms with van der Waals surface area (Å²) in [6.07, 6.45) is 3.99. The molecule has 0 saturated heterocycles. The Morgan fingerprint density at radius 3 is 2.68 bits per heavy atom. The van der Waals surface area contributed by atoms with Crippen molar-refractivity contribution in [3.05, 3.63) is 78.5 Å². The van der Waals surface area contributed by atoms with Crippen LogP contribution in [-0.4, -0.2) is 28.3 Å². The maximum absolute atomic E-state index is 12.6. The molecule has 1 amide bonds. The molecule has 2 heterocycles. The van der Waals surface area contributed by atoms with E-state index in [1.807, 2.05) is 54.6 Å². The number of nitrogens with one attached hydrogen (secondary N) is 2. The SMILES string of the molecule is C=CCNC(=O)C1=C(CC)CCC(=Nc2nc(-c3ccccc3)nc3ccccc23)N1. The van der Waals surface area contributed by atoms with Gasteiger partial charge >= 0.3 is 0 Å². The summed E-state index contributed by atoms with van der Waals surface area (Å²) in [5.74, 6) is 1.81. The summed E-state index contributed by atoms with van der Waals surface area (Å²) < 4.78 is 0. The topological polar surface area (TPSA) is 79.3 Å². The van der Waals surface area contributed by atoms with Gasteiger partial charge in [0.05, 0.1) is 5.52 Å². The number of carbonyl (C=O) groups is 1. The van der Waals surface area contributed by atoms with E-state index in [-0.39, 0.29) is 5.91 Å². The van der Waals surface area contributed by atoms with Gasteiger partial charge in [-0.2, -0.15) is 0 Å². The van der Waals surface area contributed by atoms with Gasteiger partial charge in [0.15, 0.2) is 11.6 Å². The van der Waals surface area contributed by atoms with Crippen LogP contribution in [0.15, 0.2) is 83.5 Å². The lowest BCUT2D eigenvalue weighted by Crippen LogP contribution is -2.38. The van der Waals surface area contributed by atoms with Crippen LogP contribution in [0.3, 0.4) is 0 Å². The van der Waals surface area contributed by atoms with Crippen molar-refractivity contribution in [2.75, 3.05) is 6.54 Å². The molecule has 6 nitrogen and oxygen atoms in total. The third kappa shape index (κ3) is 4.53. The molecule has 0 atom stereocenters. The van der Waals surface area contributed by atoms with E-state index in [4.69, 9.17) is 15.0 Å². The number of amides is 1. The second kappa shape index (κ2) is 9.34. The van der Waals surface area contributed by atoms with Crippen LogP contribution in [0.2, 0.25) is 0 Å². The van der Waals surface area contributed by atoms with E-state index in [9.17, 15) is 4.79 Å². The Kier molecular flexibility index (Phi) is 6.17. The normalized spacial score (nSPS) is 15.1. The first-order valence-corrected chi connectivity index (χ1v) is 10.5. The first-order chi connectivity index (χ1) is 15.2. The van der Waals surface area contributed by atoms with E-state index >= 15 is 0 Å². The van der Waals surface area contributed by atoms with Crippen LogP contribution in [0.4, 0.5) is 5.82 Å². The quantitative estimate of drug-likeness (QED) is 0.578. The van der Waals surface area contributed by atoms with Gasteiger partial charge in [0, 0.05) is 23.9 Å². The Morgan fingerprint density at radius 2 is 1.90 bits per heavy atom. The summed E-state index contributed by atoms with van der Waals surface area (Å²) in [5.41, 5.74) is 3.44. The number of aliphatic imine (C=N–C) groups is 1. The fraction of sp³-hybridized carbons (Fsp3) is 0.200. The zero-order valence-corrected chi connectivity index (χ0v) is 17.6. The van der Waals surface area contributed by atoms with E-state index < -0.39 is 0 Å². The molecule has 2 N–H and O–H groups in total. The van der Waals surface area contributed by atoms with Gasteiger partial charge in [0.2, 0.25) is 0 Å². The van der Waals surface area contributed by atoms with Crippen LogP contribution in [0.1, 0.15) is 26.2 Å². The maximum Gasteiger partial charge on any atom is 0.267 e. The largest absolute Gasteiger partial charge is 0.347 e. The Balaban J connectivity index is 1.74. The van der Waals surface area contributed by atoms with Gasteiger partial charge in [-0.1, -0.05) is 55.5 Å². The van der Waals surface area contributed by atoms with Crippen LogP contribution in [-0.2, 0) is 4.79 Å². The third-order valence-electron chi connectivity index (χ3n) is 5.20. The second-order valence-electron chi connectivity index (χ2n) is 7.27. The van der Waals surface area contributed by atoms with Crippen LogP contribution >= 0.6 is 0 Å². The second-order valence-corrected chi connectivity index (χ2v) is 7.27. The molecule has 31 heavy (non-hydrogen) atoms. The van der Waals surface area contributed by atoms with Crippen molar-refractivity contribution in [1.82, 2.24) is 20.6 Å². The summed E-state index contributed by atoms with van der Waals surface area (Å²) in [5, 5.41) is 6.99. The maximum atomic E-state index is 12.6. The van der Waals surface area contributed by atoms with Crippen molar-refractivity contribution in [3.8, 4) is 11.4 Å². The van der Waals surface area contributed by atoms with Gasteiger partial charge in [-0.3, -0.25) is 4.79 Å². The first kappa shape index (κ1) is 20.5. The predicted molar refractivity (Wildman–Crippen MR) is 125 cm³/mol. The highest BCUT2D eigenvalue weighted by atomic mass is 16.2. The number of hydrogen-bond acceptors (Lipinski definition) is 4. The molecule has 1 aromatic heterocycles. The molecule has 0 saturated carbocycles. The van der Waals surface area contributed by atoms with E-state index in [1.165, 1.54) is 0 Å². The van der Waals surface area contributed by atoms with Crippen molar-refractivity contribution < 1.29 is 4.79 Å². The molecule has 0 radical (unpaired) electrons. The van der Waals surface area contributed by atoms with Crippen molar-refractivity contribution in [3.63, 3.8) is 0 Å². The molecule has 1 aliphatic heterocycles. The monoisotopic (exact) mass is 411 g/mol. The van der Waals surface area contributed by atoms with Gasteiger partial charge in [-0.25, -0.2) is 15.0 Å². The number of aromatic nitrogens is 2. The minimum Gasteiger partial charge on any atom is -0.347 e. The molecule has 0 unspecified atom stereocenters. The van der Waals surface area contributed by atoms with E-state index in [2.05, 4.69) is 24.1 Å². The van der Waals surface area contributed by atoms with E-state index in [1.54, 1.807) is 6.08 Å². The smallest absolute Gasteiger partial charge is 0.267 e. The number of fused-ring (bicyclic) bond motifs is 1. The van der Waals surface area contributed by atoms with Gasteiger partial charge in [-0.15, -0.1) is 6.58 Å². The van der Waals surface area contributed by atoms with Crippen molar-refractivity contribution in [2.45, 2.75) is 26.2 Å². The zero-order chi connectivity index (χ0) is 21.6. The molecule has 0 bridgehead atoms. The molecule has 4 rings (SSSR count). The molecular formula is C25H25N5O. The van der Waals surface area contributed by atoms with Crippen LogP contribution in [0, 0.1) is 0 Å². The number of amidine groups is 1. The van der Waals surface area contributed by atoms with Crippen molar-refractivity contribution in [1.29, 1.82) is 0 Å². The fourth-order valence-corrected chi connectivity index (χ4v) is 3.59. The van der Waals surface area contributed by atoms with Crippen LogP contribution in [0.25, 0.3) is 22.3 Å². The van der Waals surface area contributed by atoms with E-state index in [0.29, 0.717) is 23.9 Å². The average Bonchev–Trinajstić information content (AvgIpc) is 2.83. The zero-order valence-electron chi connectivity index (χ0n) is 17.6. The van der Waals surface area contributed by atoms with Gasteiger partial charge in [0.25, 0.3) is 5.91 Å². The molecule has 3 aromatic rings. The molecule has 0 spiro atoms. The number of carbonyl (C=O) groups excluding carboxylic acids is 1. The van der Waals surface area contributed by atoms with Gasteiger partial charge < -0.3 is 10.6 Å². The number of para-hydroxylation sites is 1. The summed E-state index contributed by atoms with van der Waals surface area (Å²) in [7, 11) is 0. The Labute approximate surface area is 181 Å². The molecule has 1 aliphatic rings. The highest BCUT2D eigenvalue weighted by Gasteiger charge is 2.21. The molecule has 6 heteroatoms. The highest BCUT2D eigenvalue weighted by molar-refractivity contribution is 6.02. The van der Waals surface area contributed by atoms with Gasteiger partial charge in [0.1, 0.15) is 11.5 Å². The Morgan fingerprint density at radius 1 is 1.13 bits per heavy atom. The molecule has 0 aliphatic carbocycles. The molecule has 156 valence electrons. The molecular weight excluding hydrogens is 386 g/mol. The summed E-state index contributed by atoms with van der Waals surface area (Å²) >= 11 is 0. The summed E-state index contributed by atoms with van der Waals surface area (Å²) in [6.45, 7) is 6.14. The minimum absolute atomic E-state index is 0.137. The standard InChI is InChI=1S/C25H25N5O/c1-3-16-26-25(31)22-17(4-2)14-15-21(28-22)29-24-19-12-8-9-13-20(19)27-23(30-24)18-10-6-5-7-11-18/h3,5-13H,1,4,14-16H2,2H3,(H,26,31)(H,27,28,29,30). The third-order valence-corrected chi connectivity index (χ3v) is 5.20. The lowest BCUT2D eigenvalue weighted by atomic mass is 10.00. The van der Waals surface area contributed by atoms with Crippen LogP contribution < -0.4 is 10.6 Å². The van der Waals surface area contributed by atoms with Crippen molar-refractivity contribution in [2.24, 2.45) is 4.99 Å². The summed E-state index contributed by atoms with van der Waals surface area (Å²) in [6, 6.07) is 17.7. The lowest BCUT2D eigenvalue weighted by Gasteiger charge is -2.22. The first-order valence-electron chi connectivity index (χ1n) is 10.5. The predicted octanol–water partition coefficient (Wildman–Crippen LogP) is 4.68. The lowest BCUT2D eigenvalue weighted by molar-refractivity contribution is -0.117. The molecule has 0 fully saturated rings. The minimum atomic E-state index is -0.137. The summed E-state index contributed by atoms with van der Waals surface area (Å²) in [4.78, 5) is 26.9. The van der Waals surface area contributed by atoms with Crippen molar-refractivity contribution >= 4 is 28.5 Å². The number of benzene rings is 2. The Bertz CT molecular complexity index is 1180. The highest BCUT2D eigenvalue weighted by Crippen LogP contribution is 2.28. The number of rotatable bonds is 6. The number of nitrogens with zero attached hydrogens (tertiary/aromatic N) is 3. The number of allylic oxidation sites excluding steroid dienone is 1. The Hall–Kier alpha value is -3.80.